The van der Waals surface area contributed by atoms with Crippen LogP contribution in [0.1, 0.15) is 81.3 Å². The molecule has 0 atom stereocenters. The third kappa shape index (κ3) is 2.99. The average molecular weight is 263 g/mol. The van der Waals surface area contributed by atoms with Crippen LogP contribution in [0.4, 0.5) is 0 Å². The zero-order chi connectivity index (χ0) is 13.1. The summed E-state index contributed by atoms with van der Waals surface area (Å²) in [6.07, 6.45) is 11.3. The topological polar surface area (TPSA) is 51.0 Å². The number of aromatic nitrogens is 2. The van der Waals surface area contributed by atoms with Gasteiger partial charge in [-0.05, 0) is 45.6 Å². The van der Waals surface area contributed by atoms with Crippen LogP contribution in [0.3, 0.4) is 0 Å². The SMILES string of the molecule is CNC1CCC(c2nc(C3CCCCC3)no2)CC1. The highest BCUT2D eigenvalue weighted by molar-refractivity contribution is 5.01. The second-order valence-corrected chi connectivity index (χ2v) is 6.16. The molecule has 3 rings (SSSR count). The number of hydrogen-bond donors (Lipinski definition) is 1. The Balaban J connectivity index is 1.61. The van der Waals surface area contributed by atoms with Crippen LogP contribution in [-0.4, -0.2) is 23.2 Å². The first-order valence-corrected chi connectivity index (χ1v) is 7.87. The van der Waals surface area contributed by atoms with Crippen molar-refractivity contribution in [2.24, 2.45) is 0 Å². The molecule has 0 aliphatic heterocycles. The molecule has 0 amide bonds. The van der Waals surface area contributed by atoms with Gasteiger partial charge in [0, 0.05) is 17.9 Å². The van der Waals surface area contributed by atoms with E-state index in [4.69, 9.17) is 9.51 Å². The van der Waals surface area contributed by atoms with E-state index in [1.807, 2.05) is 0 Å². The van der Waals surface area contributed by atoms with Gasteiger partial charge in [0.05, 0.1) is 0 Å². The monoisotopic (exact) mass is 263 g/mol. The van der Waals surface area contributed by atoms with E-state index in [1.54, 1.807) is 0 Å². The van der Waals surface area contributed by atoms with Gasteiger partial charge in [0.25, 0.3) is 0 Å². The van der Waals surface area contributed by atoms with Crippen LogP contribution in [-0.2, 0) is 0 Å². The van der Waals surface area contributed by atoms with E-state index in [2.05, 4.69) is 17.5 Å². The van der Waals surface area contributed by atoms with E-state index < -0.39 is 0 Å². The molecule has 2 aliphatic rings. The smallest absolute Gasteiger partial charge is 0.229 e. The standard InChI is InChI=1S/C15H25N3O/c1-16-13-9-7-12(8-10-13)15-17-14(18-19-15)11-5-3-2-4-6-11/h11-13,16H,2-10H2,1H3. The molecule has 106 valence electrons. The Morgan fingerprint density at radius 3 is 2.37 bits per heavy atom. The maximum absolute atomic E-state index is 5.54. The Hall–Kier alpha value is -0.900. The highest BCUT2D eigenvalue weighted by atomic mass is 16.5. The Morgan fingerprint density at radius 1 is 0.947 bits per heavy atom. The number of nitrogens with zero attached hydrogens (tertiary/aromatic N) is 2. The molecule has 2 fully saturated rings. The summed E-state index contributed by atoms with van der Waals surface area (Å²) in [5.41, 5.74) is 0. The van der Waals surface area contributed by atoms with E-state index in [0.717, 1.165) is 11.7 Å². The molecule has 1 aromatic heterocycles. The van der Waals surface area contributed by atoms with Crippen LogP contribution in [0.2, 0.25) is 0 Å². The molecule has 4 heteroatoms. The van der Waals surface area contributed by atoms with Crippen LogP contribution >= 0.6 is 0 Å². The zero-order valence-electron chi connectivity index (χ0n) is 11.9. The molecular weight excluding hydrogens is 238 g/mol. The summed E-state index contributed by atoms with van der Waals surface area (Å²) in [5, 5.41) is 7.62. The third-order valence-electron chi connectivity index (χ3n) is 4.91. The van der Waals surface area contributed by atoms with Crippen molar-refractivity contribution in [3.8, 4) is 0 Å². The Morgan fingerprint density at radius 2 is 1.68 bits per heavy atom. The van der Waals surface area contributed by atoms with Crippen LogP contribution < -0.4 is 5.32 Å². The lowest BCUT2D eigenvalue weighted by Gasteiger charge is -2.25. The molecule has 19 heavy (non-hydrogen) atoms. The quantitative estimate of drug-likeness (QED) is 0.908. The lowest BCUT2D eigenvalue weighted by atomic mass is 9.86. The van der Waals surface area contributed by atoms with Gasteiger partial charge in [-0.25, -0.2) is 0 Å². The molecule has 1 heterocycles. The van der Waals surface area contributed by atoms with Crippen LogP contribution in [0.25, 0.3) is 0 Å². The van der Waals surface area contributed by atoms with Crippen molar-refractivity contribution < 1.29 is 4.52 Å². The fraction of sp³-hybridized carbons (Fsp3) is 0.867. The minimum Gasteiger partial charge on any atom is -0.339 e. The van der Waals surface area contributed by atoms with E-state index in [1.165, 1.54) is 57.8 Å². The van der Waals surface area contributed by atoms with Gasteiger partial charge in [0.15, 0.2) is 5.82 Å². The molecular formula is C15H25N3O. The van der Waals surface area contributed by atoms with Gasteiger partial charge in [-0.2, -0.15) is 4.98 Å². The summed E-state index contributed by atoms with van der Waals surface area (Å²) in [6.45, 7) is 0. The van der Waals surface area contributed by atoms with Crippen molar-refractivity contribution in [2.45, 2.75) is 75.7 Å². The molecule has 0 bridgehead atoms. The molecule has 1 aromatic rings. The van der Waals surface area contributed by atoms with Crippen LogP contribution in [0.5, 0.6) is 0 Å². The number of nitrogens with one attached hydrogen (secondary N) is 1. The van der Waals surface area contributed by atoms with Crippen molar-refractivity contribution in [2.75, 3.05) is 7.05 Å². The first-order chi connectivity index (χ1) is 9.36. The summed E-state index contributed by atoms with van der Waals surface area (Å²) in [5.74, 6) is 2.93. The molecule has 1 N–H and O–H groups in total. The fourth-order valence-electron chi connectivity index (χ4n) is 3.57. The van der Waals surface area contributed by atoms with Gasteiger partial charge in [0.2, 0.25) is 5.89 Å². The van der Waals surface area contributed by atoms with Crippen molar-refractivity contribution in [3.05, 3.63) is 11.7 Å². The molecule has 2 saturated carbocycles. The predicted octanol–water partition coefficient (Wildman–Crippen LogP) is 3.36. The maximum Gasteiger partial charge on any atom is 0.229 e. The van der Waals surface area contributed by atoms with Crippen LogP contribution in [0, 0.1) is 0 Å². The van der Waals surface area contributed by atoms with E-state index in [9.17, 15) is 0 Å². The largest absolute Gasteiger partial charge is 0.339 e. The summed E-state index contributed by atoms with van der Waals surface area (Å²) in [4.78, 5) is 4.71. The van der Waals surface area contributed by atoms with Crippen molar-refractivity contribution in [1.29, 1.82) is 0 Å². The van der Waals surface area contributed by atoms with Crippen molar-refractivity contribution >= 4 is 0 Å². The first-order valence-electron chi connectivity index (χ1n) is 7.87. The third-order valence-corrected chi connectivity index (χ3v) is 4.91. The lowest BCUT2D eigenvalue weighted by molar-refractivity contribution is 0.286. The minimum atomic E-state index is 0.495. The maximum atomic E-state index is 5.54. The van der Waals surface area contributed by atoms with E-state index in [-0.39, 0.29) is 0 Å². The van der Waals surface area contributed by atoms with Gasteiger partial charge < -0.3 is 9.84 Å². The van der Waals surface area contributed by atoms with Gasteiger partial charge in [-0.3, -0.25) is 0 Å². The van der Waals surface area contributed by atoms with Crippen LogP contribution in [0.15, 0.2) is 4.52 Å². The number of hydrogen-bond acceptors (Lipinski definition) is 4. The van der Waals surface area contributed by atoms with Crippen molar-refractivity contribution in [3.63, 3.8) is 0 Å². The Bertz CT molecular complexity index is 390. The Labute approximate surface area is 115 Å². The second-order valence-electron chi connectivity index (χ2n) is 6.16. The summed E-state index contributed by atoms with van der Waals surface area (Å²) < 4.78 is 5.54. The summed E-state index contributed by atoms with van der Waals surface area (Å²) in [7, 11) is 2.05. The summed E-state index contributed by atoms with van der Waals surface area (Å²) in [6, 6.07) is 0.678. The Kier molecular flexibility index (Phi) is 4.16. The highest BCUT2D eigenvalue weighted by Crippen LogP contribution is 2.35. The van der Waals surface area contributed by atoms with Crippen molar-refractivity contribution in [1.82, 2.24) is 15.5 Å². The number of rotatable bonds is 3. The molecule has 0 spiro atoms. The van der Waals surface area contributed by atoms with Gasteiger partial charge in [0.1, 0.15) is 0 Å². The zero-order valence-corrected chi connectivity index (χ0v) is 11.9. The van der Waals surface area contributed by atoms with E-state index >= 15 is 0 Å². The second kappa shape index (κ2) is 6.04. The van der Waals surface area contributed by atoms with Gasteiger partial charge >= 0.3 is 0 Å². The van der Waals surface area contributed by atoms with E-state index in [0.29, 0.717) is 17.9 Å². The van der Waals surface area contributed by atoms with Gasteiger partial charge in [-0.1, -0.05) is 24.4 Å². The predicted molar refractivity (Wildman–Crippen MR) is 74.2 cm³/mol. The van der Waals surface area contributed by atoms with Gasteiger partial charge in [-0.15, -0.1) is 0 Å². The molecule has 0 saturated heterocycles. The minimum absolute atomic E-state index is 0.495. The fourth-order valence-corrected chi connectivity index (χ4v) is 3.57. The average Bonchev–Trinajstić information content (AvgIpc) is 2.98. The molecule has 4 nitrogen and oxygen atoms in total. The molecule has 2 aliphatic carbocycles. The summed E-state index contributed by atoms with van der Waals surface area (Å²) >= 11 is 0. The highest BCUT2D eigenvalue weighted by Gasteiger charge is 2.27. The molecule has 0 radical (unpaired) electrons. The molecule has 0 aromatic carbocycles. The lowest BCUT2D eigenvalue weighted by Crippen LogP contribution is -2.29. The first kappa shape index (κ1) is 13.1. The molecule has 0 unspecified atom stereocenters. The normalized spacial score (nSPS) is 29.5.